The van der Waals surface area contributed by atoms with Crippen LogP contribution in [-0.4, -0.2) is 89.4 Å². The highest BCUT2D eigenvalue weighted by Gasteiger charge is 2.57. The second-order valence-corrected chi connectivity index (χ2v) is 18.5. The Morgan fingerprint density at radius 2 is 1.33 bits per heavy atom. The molecule has 0 bridgehead atoms. The fourth-order valence-corrected chi connectivity index (χ4v) is 12.5. The molecule has 1 fully saturated rings. The summed E-state index contributed by atoms with van der Waals surface area (Å²) in [5.74, 6) is -1.99. The van der Waals surface area contributed by atoms with Crippen molar-refractivity contribution >= 4 is 45.4 Å². The van der Waals surface area contributed by atoms with Gasteiger partial charge in [0.15, 0.2) is 4.87 Å². The number of ether oxygens (including phenoxy) is 2. The number of benzene rings is 4. The minimum atomic E-state index is -0.885. The molecule has 0 radical (unpaired) electrons. The number of hydrazone groups is 2. The van der Waals surface area contributed by atoms with E-state index in [1.165, 1.54) is 53.0 Å². The van der Waals surface area contributed by atoms with Gasteiger partial charge in [0, 0.05) is 49.5 Å². The predicted octanol–water partition coefficient (Wildman–Crippen LogP) is 9.08. The molecular weight excluding hydrogens is 865 g/mol. The second kappa shape index (κ2) is 20.2. The number of halogens is 4. The van der Waals surface area contributed by atoms with Gasteiger partial charge in [0.2, 0.25) is 11.8 Å². The number of nitrogens with one attached hydrogen (secondary N) is 1. The van der Waals surface area contributed by atoms with E-state index in [4.69, 9.17) is 9.47 Å². The molecule has 340 valence electrons. The van der Waals surface area contributed by atoms with Gasteiger partial charge in [0.25, 0.3) is 0 Å². The SMILES string of the molecule is C.CC(=O)N1N=C(c2cc(F)ccc2F)SC12c1ccccc1CCC2CCN1CCOCC1.CCNCCC1COc2ccccc2C12SC(c1cc(F)ccc1F)=NN2C(C)=O. The van der Waals surface area contributed by atoms with Gasteiger partial charge in [-0.3, -0.25) is 14.5 Å². The number of fused-ring (bicyclic) bond motifs is 4. The molecule has 4 unspecified atom stereocenters. The molecule has 10 nitrogen and oxygen atoms in total. The van der Waals surface area contributed by atoms with Gasteiger partial charge in [-0.25, -0.2) is 27.6 Å². The number of rotatable bonds is 9. The van der Waals surface area contributed by atoms with Gasteiger partial charge in [-0.2, -0.15) is 10.2 Å². The molecule has 16 heteroatoms. The summed E-state index contributed by atoms with van der Waals surface area (Å²) < 4.78 is 68.6. The fourth-order valence-electron chi connectivity index (χ4n) is 9.23. The van der Waals surface area contributed by atoms with E-state index in [-0.39, 0.29) is 47.2 Å². The minimum absolute atomic E-state index is 0. The van der Waals surface area contributed by atoms with Gasteiger partial charge < -0.3 is 14.8 Å². The lowest BCUT2D eigenvalue weighted by molar-refractivity contribution is -0.135. The minimum Gasteiger partial charge on any atom is -0.493 e. The summed E-state index contributed by atoms with van der Waals surface area (Å²) in [5.41, 5.74) is 3.18. The van der Waals surface area contributed by atoms with Crippen LogP contribution in [0, 0.1) is 35.1 Å². The van der Waals surface area contributed by atoms with E-state index < -0.39 is 33.0 Å². The van der Waals surface area contributed by atoms with Crippen molar-refractivity contribution in [3.63, 3.8) is 0 Å². The largest absolute Gasteiger partial charge is 0.493 e. The van der Waals surface area contributed by atoms with Gasteiger partial charge in [-0.05, 0) is 105 Å². The molecular formula is C48H54F4N6O4S2. The molecule has 4 heterocycles. The Bertz CT molecular complexity index is 2420. The zero-order chi connectivity index (χ0) is 44.3. The molecule has 5 aliphatic rings. The zero-order valence-corrected chi connectivity index (χ0v) is 37.1. The number of aryl methyl sites for hydroxylation is 1. The molecule has 1 aliphatic carbocycles. The lowest BCUT2D eigenvalue weighted by Gasteiger charge is -2.46. The number of morpholine rings is 1. The molecule has 4 aromatic rings. The lowest BCUT2D eigenvalue weighted by Crippen LogP contribution is -2.51. The number of hydrogen-bond donors (Lipinski definition) is 1. The molecule has 2 spiro atoms. The maximum atomic E-state index is 14.7. The van der Waals surface area contributed by atoms with Crippen LogP contribution in [0.1, 0.15) is 75.3 Å². The summed E-state index contributed by atoms with van der Waals surface area (Å²) in [5, 5.41) is 16.0. The van der Waals surface area contributed by atoms with Crippen molar-refractivity contribution in [3.05, 3.63) is 136 Å². The van der Waals surface area contributed by atoms with Crippen molar-refractivity contribution in [3.8, 4) is 5.75 Å². The molecule has 1 saturated heterocycles. The topological polar surface area (TPSA) is 99.1 Å². The van der Waals surface area contributed by atoms with Crippen molar-refractivity contribution in [2.75, 3.05) is 52.5 Å². The Hall–Kier alpha value is -4.74. The normalized spacial score (nSPS) is 23.6. The molecule has 1 N–H and O–H groups in total. The zero-order valence-electron chi connectivity index (χ0n) is 35.4. The number of amides is 2. The average molecular weight is 919 g/mol. The molecule has 0 saturated carbocycles. The van der Waals surface area contributed by atoms with Crippen molar-refractivity contribution in [2.45, 2.75) is 63.6 Å². The summed E-state index contributed by atoms with van der Waals surface area (Å²) in [6.07, 6.45) is 3.42. The van der Waals surface area contributed by atoms with E-state index in [2.05, 4.69) is 32.6 Å². The maximum Gasteiger partial charge on any atom is 0.241 e. The van der Waals surface area contributed by atoms with Crippen LogP contribution >= 0.6 is 23.5 Å². The Morgan fingerprint density at radius 1 is 0.766 bits per heavy atom. The average Bonchev–Trinajstić information content (AvgIpc) is 3.88. The predicted molar refractivity (Wildman–Crippen MR) is 245 cm³/mol. The quantitative estimate of drug-likeness (QED) is 0.131. The van der Waals surface area contributed by atoms with Gasteiger partial charge >= 0.3 is 0 Å². The highest BCUT2D eigenvalue weighted by atomic mass is 32.2. The lowest BCUT2D eigenvalue weighted by atomic mass is 9.77. The molecule has 9 rings (SSSR count). The fraction of sp³-hybridized carbons (Fsp3) is 0.417. The molecule has 2 amide bonds. The van der Waals surface area contributed by atoms with Crippen LogP contribution in [0.4, 0.5) is 17.6 Å². The molecule has 4 aliphatic heterocycles. The van der Waals surface area contributed by atoms with E-state index in [0.29, 0.717) is 17.4 Å². The summed E-state index contributed by atoms with van der Waals surface area (Å²) in [6.45, 7) is 11.1. The Balaban J connectivity index is 0.000000189. The third-order valence-corrected chi connectivity index (χ3v) is 15.3. The summed E-state index contributed by atoms with van der Waals surface area (Å²) in [6, 6.07) is 22.3. The highest BCUT2D eigenvalue weighted by Crippen LogP contribution is 2.59. The Kier molecular flexibility index (Phi) is 14.9. The van der Waals surface area contributed by atoms with E-state index in [1.807, 2.05) is 43.3 Å². The number of nitrogens with zero attached hydrogens (tertiary/aromatic N) is 5. The van der Waals surface area contributed by atoms with Crippen molar-refractivity contribution in [1.29, 1.82) is 0 Å². The summed E-state index contributed by atoms with van der Waals surface area (Å²) in [7, 11) is 0. The van der Waals surface area contributed by atoms with Crippen LogP contribution in [0.2, 0.25) is 0 Å². The Morgan fingerprint density at radius 3 is 1.92 bits per heavy atom. The first-order valence-corrected chi connectivity index (χ1v) is 23.0. The first kappa shape index (κ1) is 47.2. The van der Waals surface area contributed by atoms with Crippen LogP contribution in [0.5, 0.6) is 5.75 Å². The monoisotopic (exact) mass is 918 g/mol. The van der Waals surface area contributed by atoms with Crippen molar-refractivity contribution in [2.24, 2.45) is 22.0 Å². The number of thioether (sulfide) groups is 2. The molecule has 4 atom stereocenters. The smallest absolute Gasteiger partial charge is 0.241 e. The van der Waals surface area contributed by atoms with Crippen LogP contribution in [0.3, 0.4) is 0 Å². The van der Waals surface area contributed by atoms with E-state index in [9.17, 15) is 27.2 Å². The van der Waals surface area contributed by atoms with E-state index in [0.717, 1.165) is 119 Å². The Labute approximate surface area is 380 Å². The second-order valence-electron chi connectivity index (χ2n) is 16.1. The third-order valence-electron chi connectivity index (χ3n) is 12.2. The maximum absolute atomic E-state index is 14.7. The van der Waals surface area contributed by atoms with Crippen LogP contribution < -0.4 is 10.1 Å². The van der Waals surface area contributed by atoms with Crippen LogP contribution in [0.25, 0.3) is 0 Å². The molecule has 0 aromatic heterocycles. The summed E-state index contributed by atoms with van der Waals surface area (Å²) >= 11 is 2.68. The molecule has 4 aromatic carbocycles. The van der Waals surface area contributed by atoms with Crippen LogP contribution in [-0.2, 0) is 30.5 Å². The molecule has 64 heavy (non-hydrogen) atoms. The first-order chi connectivity index (χ1) is 30.5. The van der Waals surface area contributed by atoms with Gasteiger partial charge in [0.1, 0.15) is 44.0 Å². The first-order valence-electron chi connectivity index (χ1n) is 21.4. The highest BCUT2D eigenvalue weighted by molar-refractivity contribution is 8.15. The summed E-state index contributed by atoms with van der Waals surface area (Å²) in [4.78, 5) is 26.4. The van der Waals surface area contributed by atoms with Crippen LogP contribution in [0.15, 0.2) is 95.1 Å². The van der Waals surface area contributed by atoms with Crippen molar-refractivity contribution in [1.82, 2.24) is 20.2 Å². The van der Waals surface area contributed by atoms with Gasteiger partial charge in [-0.1, -0.05) is 80.3 Å². The number of carbonyl (C=O) groups is 2. The van der Waals surface area contributed by atoms with E-state index >= 15 is 0 Å². The number of hydrogen-bond acceptors (Lipinski definition) is 10. The standard InChI is InChI=1S/C25H27F2N3O2S.C22H23F2N3O2S.CH4/c1-17(31)30-25(33-24(28-30)21-16-20(26)8-9-23(21)27)19(10-11-29-12-14-32-15-13-29)7-6-18-4-2-3-5-22(18)25;1-3-25-11-10-15-13-29-20-7-5-4-6-18(20)22(15)27(14(2)28)26-21(30-22)17-12-16(23)8-9-19(17)24;/h2-5,8-9,16,19H,6-7,10-15H2,1H3;4-9,12,15,25H,3,10-11,13H2,1-2H3;1H4. The number of para-hydroxylation sites is 1. The number of carbonyl (C=O) groups excluding carboxylic acids is 2. The third kappa shape index (κ3) is 9.08. The van der Waals surface area contributed by atoms with Crippen molar-refractivity contribution < 1.29 is 36.6 Å². The van der Waals surface area contributed by atoms with E-state index in [1.54, 1.807) is 0 Å². The van der Waals surface area contributed by atoms with Gasteiger partial charge in [-0.15, -0.1) is 0 Å². The van der Waals surface area contributed by atoms with Gasteiger partial charge in [0.05, 0.1) is 19.8 Å².